The van der Waals surface area contributed by atoms with Gasteiger partial charge in [-0.2, -0.15) is 0 Å². The maximum absolute atomic E-state index is 6.06. The first kappa shape index (κ1) is 12.9. The van der Waals surface area contributed by atoms with E-state index in [0.29, 0.717) is 5.92 Å². The van der Waals surface area contributed by atoms with Crippen LogP contribution in [0.2, 0.25) is 0 Å². The number of methoxy groups -OCH3 is 1. The van der Waals surface area contributed by atoms with E-state index >= 15 is 0 Å². The van der Waals surface area contributed by atoms with Crippen molar-refractivity contribution in [2.24, 2.45) is 5.92 Å². The average Bonchev–Trinajstić information content (AvgIpc) is 2.20. The molecule has 0 radical (unpaired) electrons. The second-order valence-corrected chi connectivity index (χ2v) is 4.94. The predicted octanol–water partition coefficient (Wildman–Crippen LogP) is 3.82. The first-order valence-electron chi connectivity index (χ1n) is 5.71. The van der Waals surface area contributed by atoms with Crippen molar-refractivity contribution in [3.63, 3.8) is 0 Å². The van der Waals surface area contributed by atoms with E-state index in [1.54, 1.807) is 7.11 Å². The molecule has 0 aromatic heterocycles. The molecule has 0 spiro atoms. The summed E-state index contributed by atoms with van der Waals surface area (Å²) in [5.41, 5.74) is 0.885. The summed E-state index contributed by atoms with van der Waals surface area (Å²) in [6.07, 6.45) is 0. The predicted molar refractivity (Wildman–Crippen MR) is 67.3 cm³/mol. The minimum absolute atomic E-state index is 0.170. The molecule has 0 amide bonds. The van der Waals surface area contributed by atoms with Crippen LogP contribution >= 0.6 is 0 Å². The molecule has 2 heteroatoms. The van der Waals surface area contributed by atoms with Crippen molar-refractivity contribution in [1.82, 2.24) is 0 Å². The van der Waals surface area contributed by atoms with Crippen molar-refractivity contribution in [1.29, 1.82) is 0 Å². The summed E-state index contributed by atoms with van der Waals surface area (Å²) in [7, 11) is 1.68. The van der Waals surface area contributed by atoms with E-state index in [9.17, 15) is 0 Å². The largest absolute Gasteiger partial charge is 0.496 e. The third kappa shape index (κ3) is 2.69. The molecule has 1 aromatic carbocycles. The molecule has 0 N–H and O–H groups in total. The minimum Gasteiger partial charge on any atom is -0.496 e. The van der Waals surface area contributed by atoms with Gasteiger partial charge in [0.2, 0.25) is 0 Å². The Labute approximate surface area is 98.6 Å². The first-order chi connectivity index (χ1) is 7.38. The van der Waals surface area contributed by atoms with E-state index in [2.05, 4.69) is 27.7 Å². The van der Waals surface area contributed by atoms with Crippen LogP contribution in [0.3, 0.4) is 0 Å². The highest BCUT2D eigenvalue weighted by molar-refractivity contribution is 5.43. The quantitative estimate of drug-likeness (QED) is 0.771. The zero-order valence-electron chi connectivity index (χ0n) is 11.1. The molecule has 0 unspecified atom stereocenters. The summed E-state index contributed by atoms with van der Waals surface area (Å²) < 4.78 is 11.3. The van der Waals surface area contributed by atoms with Crippen molar-refractivity contribution in [3.8, 4) is 11.5 Å². The highest BCUT2D eigenvalue weighted by Crippen LogP contribution is 2.31. The molecule has 0 fully saturated rings. The van der Waals surface area contributed by atoms with Crippen LogP contribution < -0.4 is 9.47 Å². The maximum Gasteiger partial charge on any atom is 0.126 e. The smallest absolute Gasteiger partial charge is 0.126 e. The van der Waals surface area contributed by atoms with Gasteiger partial charge in [0.05, 0.1) is 7.11 Å². The van der Waals surface area contributed by atoms with Crippen LogP contribution in [0.15, 0.2) is 18.2 Å². The second kappa shape index (κ2) is 4.77. The van der Waals surface area contributed by atoms with Crippen LogP contribution in [0.4, 0.5) is 0 Å². The zero-order valence-corrected chi connectivity index (χ0v) is 11.1. The lowest BCUT2D eigenvalue weighted by Crippen LogP contribution is -2.34. The van der Waals surface area contributed by atoms with E-state index in [-0.39, 0.29) is 5.60 Å². The van der Waals surface area contributed by atoms with E-state index in [4.69, 9.17) is 9.47 Å². The lowest BCUT2D eigenvalue weighted by Gasteiger charge is -2.31. The Morgan fingerprint density at radius 1 is 1.12 bits per heavy atom. The van der Waals surface area contributed by atoms with Crippen molar-refractivity contribution < 1.29 is 9.47 Å². The standard InChI is InChI=1S/C14H22O2/c1-10(2)14(4,5)16-13-9-7-8-12(15-6)11(13)3/h7-10H,1-6H3. The van der Waals surface area contributed by atoms with Crippen LogP contribution in [-0.4, -0.2) is 12.7 Å². The van der Waals surface area contributed by atoms with Crippen molar-refractivity contribution in [2.45, 2.75) is 40.2 Å². The lowest BCUT2D eigenvalue weighted by molar-refractivity contribution is 0.0590. The highest BCUT2D eigenvalue weighted by Gasteiger charge is 2.25. The van der Waals surface area contributed by atoms with Gasteiger partial charge in [-0.3, -0.25) is 0 Å². The third-order valence-corrected chi connectivity index (χ3v) is 3.22. The fraction of sp³-hybridized carbons (Fsp3) is 0.571. The Bertz CT molecular complexity index is 354. The molecular formula is C14H22O2. The van der Waals surface area contributed by atoms with Crippen molar-refractivity contribution >= 4 is 0 Å². The summed E-state index contributed by atoms with van der Waals surface area (Å²) in [6, 6.07) is 5.89. The minimum atomic E-state index is -0.170. The molecule has 0 aliphatic rings. The van der Waals surface area contributed by atoms with E-state index in [0.717, 1.165) is 17.1 Å². The topological polar surface area (TPSA) is 18.5 Å². The molecule has 0 heterocycles. The number of benzene rings is 1. The Morgan fingerprint density at radius 2 is 1.69 bits per heavy atom. The Hall–Kier alpha value is -1.18. The average molecular weight is 222 g/mol. The molecule has 0 saturated heterocycles. The van der Waals surface area contributed by atoms with Gasteiger partial charge in [-0.05, 0) is 38.8 Å². The van der Waals surface area contributed by atoms with Crippen LogP contribution in [0.25, 0.3) is 0 Å². The summed E-state index contributed by atoms with van der Waals surface area (Å²) >= 11 is 0. The Kier molecular flexibility index (Phi) is 3.84. The van der Waals surface area contributed by atoms with Gasteiger partial charge in [0.15, 0.2) is 0 Å². The lowest BCUT2D eigenvalue weighted by atomic mass is 9.94. The van der Waals surface area contributed by atoms with Gasteiger partial charge in [-0.25, -0.2) is 0 Å². The van der Waals surface area contributed by atoms with E-state index in [1.807, 2.05) is 25.1 Å². The fourth-order valence-electron chi connectivity index (χ4n) is 1.33. The van der Waals surface area contributed by atoms with Gasteiger partial charge in [0, 0.05) is 5.56 Å². The number of hydrogen-bond donors (Lipinski definition) is 0. The molecule has 1 aromatic rings. The van der Waals surface area contributed by atoms with Crippen molar-refractivity contribution in [3.05, 3.63) is 23.8 Å². The van der Waals surface area contributed by atoms with Gasteiger partial charge in [-0.1, -0.05) is 19.9 Å². The van der Waals surface area contributed by atoms with Gasteiger partial charge in [-0.15, -0.1) is 0 Å². The number of rotatable bonds is 4. The summed E-state index contributed by atoms with van der Waals surface area (Å²) in [6.45, 7) is 10.6. The second-order valence-electron chi connectivity index (χ2n) is 4.94. The third-order valence-electron chi connectivity index (χ3n) is 3.22. The molecule has 1 rings (SSSR count). The molecular weight excluding hydrogens is 200 g/mol. The highest BCUT2D eigenvalue weighted by atomic mass is 16.5. The molecule has 0 bridgehead atoms. The Morgan fingerprint density at radius 3 is 2.19 bits per heavy atom. The van der Waals surface area contributed by atoms with Crippen LogP contribution in [-0.2, 0) is 0 Å². The Balaban J connectivity index is 2.98. The molecule has 16 heavy (non-hydrogen) atoms. The first-order valence-corrected chi connectivity index (χ1v) is 5.71. The summed E-state index contributed by atoms with van der Waals surface area (Å²) in [5.74, 6) is 2.23. The van der Waals surface area contributed by atoms with Gasteiger partial charge in [0.1, 0.15) is 17.1 Å². The number of ether oxygens (including phenoxy) is 2. The fourth-order valence-corrected chi connectivity index (χ4v) is 1.33. The molecule has 0 saturated carbocycles. The van der Waals surface area contributed by atoms with Crippen LogP contribution in [0.5, 0.6) is 11.5 Å². The molecule has 0 atom stereocenters. The van der Waals surface area contributed by atoms with Gasteiger partial charge < -0.3 is 9.47 Å². The van der Waals surface area contributed by atoms with Crippen LogP contribution in [0.1, 0.15) is 33.3 Å². The van der Waals surface area contributed by atoms with Gasteiger partial charge in [0.25, 0.3) is 0 Å². The molecule has 2 nitrogen and oxygen atoms in total. The normalized spacial score (nSPS) is 11.7. The SMILES string of the molecule is COc1cccc(OC(C)(C)C(C)C)c1C. The van der Waals surface area contributed by atoms with Gasteiger partial charge >= 0.3 is 0 Å². The molecule has 90 valence electrons. The monoisotopic (exact) mass is 222 g/mol. The molecule has 0 aliphatic heterocycles. The maximum atomic E-state index is 6.06. The van der Waals surface area contributed by atoms with E-state index in [1.165, 1.54) is 0 Å². The summed E-state index contributed by atoms with van der Waals surface area (Å²) in [4.78, 5) is 0. The van der Waals surface area contributed by atoms with Crippen molar-refractivity contribution in [2.75, 3.05) is 7.11 Å². The zero-order chi connectivity index (χ0) is 12.3. The van der Waals surface area contributed by atoms with E-state index < -0.39 is 0 Å². The van der Waals surface area contributed by atoms with Crippen LogP contribution in [0, 0.1) is 12.8 Å². The number of hydrogen-bond acceptors (Lipinski definition) is 2. The molecule has 0 aliphatic carbocycles. The summed E-state index contributed by atoms with van der Waals surface area (Å²) in [5, 5.41) is 0.